The van der Waals surface area contributed by atoms with E-state index in [0.29, 0.717) is 17.7 Å². The lowest BCUT2D eigenvalue weighted by Gasteiger charge is -2.18. The van der Waals surface area contributed by atoms with Gasteiger partial charge in [0.1, 0.15) is 18.4 Å². The van der Waals surface area contributed by atoms with Crippen molar-refractivity contribution in [2.75, 3.05) is 7.11 Å². The van der Waals surface area contributed by atoms with Crippen LogP contribution >= 0.6 is 0 Å². The Kier molecular flexibility index (Phi) is 7.00. The summed E-state index contributed by atoms with van der Waals surface area (Å²) in [6, 6.07) is 24.9. The Hall–Kier alpha value is -3.60. The second-order valence-electron chi connectivity index (χ2n) is 6.54. The van der Waals surface area contributed by atoms with Gasteiger partial charge in [-0.3, -0.25) is 4.79 Å². The third-order valence-corrected chi connectivity index (χ3v) is 4.45. The Bertz CT molecular complexity index is 924. The Morgan fingerprint density at radius 2 is 1.41 bits per heavy atom. The van der Waals surface area contributed by atoms with Crippen molar-refractivity contribution in [2.45, 2.75) is 19.1 Å². The van der Waals surface area contributed by atoms with Crippen LogP contribution in [0.4, 0.5) is 0 Å². The van der Waals surface area contributed by atoms with Gasteiger partial charge >= 0.3 is 5.97 Å². The van der Waals surface area contributed by atoms with Crippen molar-refractivity contribution in [3.8, 4) is 5.75 Å². The van der Waals surface area contributed by atoms with Crippen LogP contribution < -0.4 is 10.1 Å². The van der Waals surface area contributed by atoms with E-state index in [9.17, 15) is 9.59 Å². The van der Waals surface area contributed by atoms with E-state index in [1.165, 1.54) is 0 Å². The summed E-state index contributed by atoms with van der Waals surface area (Å²) < 4.78 is 10.6. The molecule has 0 heterocycles. The van der Waals surface area contributed by atoms with Crippen LogP contribution in [0.1, 0.15) is 21.5 Å². The van der Waals surface area contributed by atoms with Crippen LogP contribution in [-0.4, -0.2) is 25.0 Å². The summed E-state index contributed by atoms with van der Waals surface area (Å²) in [5, 5.41) is 2.80. The van der Waals surface area contributed by atoms with Crippen LogP contribution in [0.5, 0.6) is 5.75 Å². The van der Waals surface area contributed by atoms with Gasteiger partial charge in [0, 0.05) is 12.0 Å². The second kappa shape index (κ2) is 10.1. The van der Waals surface area contributed by atoms with Crippen molar-refractivity contribution in [1.82, 2.24) is 5.32 Å². The highest BCUT2D eigenvalue weighted by atomic mass is 16.5. The summed E-state index contributed by atoms with van der Waals surface area (Å²) in [6.07, 6.45) is 0.344. The molecule has 0 fully saturated rings. The highest BCUT2D eigenvalue weighted by Crippen LogP contribution is 2.13. The topological polar surface area (TPSA) is 64.6 Å². The number of methoxy groups -OCH3 is 1. The molecule has 1 N–H and O–H groups in total. The van der Waals surface area contributed by atoms with Crippen molar-refractivity contribution in [3.05, 3.63) is 102 Å². The largest absolute Gasteiger partial charge is 0.497 e. The summed E-state index contributed by atoms with van der Waals surface area (Å²) >= 11 is 0. The van der Waals surface area contributed by atoms with Crippen LogP contribution in [0.25, 0.3) is 0 Å². The van der Waals surface area contributed by atoms with Gasteiger partial charge in [-0.2, -0.15) is 0 Å². The molecule has 0 bridgehead atoms. The van der Waals surface area contributed by atoms with Gasteiger partial charge < -0.3 is 14.8 Å². The van der Waals surface area contributed by atoms with E-state index in [1.807, 2.05) is 60.7 Å². The molecular weight excluding hydrogens is 366 g/mol. The standard InChI is InChI=1S/C24H23NO4/c1-28-21-14-12-20(13-15-21)23(26)25-22(16-18-8-4-2-5-9-18)24(27)29-17-19-10-6-3-7-11-19/h2-15,22H,16-17H2,1H3,(H,25,26)/t22-/m0/s1. The first-order valence-electron chi connectivity index (χ1n) is 9.35. The van der Waals surface area contributed by atoms with Gasteiger partial charge in [-0.1, -0.05) is 60.7 Å². The highest BCUT2D eigenvalue weighted by Gasteiger charge is 2.23. The number of nitrogens with one attached hydrogen (secondary N) is 1. The number of rotatable bonds is 8. The number of hydrogen-bond acceptors (Lipinski definition) is 4. The molecule has 0 aliphatic heterocycles. The molecule has 5 nitrogen and oxygen atoms in total. The van der Waals surface area contributed by atoms with Crippen molar-refractivity contribution >= 4 is 11.9 Å². The molecule has 5 heteroatoms. The lowest BCUT2D eigenvalue weighted by Crippen LogP contribution is -2.43. The molecule has 0 aromatic heterocycles. The summed E-state index contributed by atoms with van der Waals surface area (Å²) in [6.45, 7) is 0.156. The minimum atomic E-state index is -0.796. The van der Waals surface area contributed by atoms with Gasteiger partial charge in [-0.15, -0.1) is 0 Å². The fraction of sp³-hybridized carbons (Fsp3) is 0.167. The molecule has 0 saturated carbocycles. The quantitative estimate of drug-likeness (QED) is 0.596. The first-order chi connectivity index (χ1) is 14.2. The highest BCUT2D eigenvalue weighted by molar-refractivity contribution is 5.97. The predicted octanol–water partition coefficient (Wildman–Crippen LogP) is 3.78. The number of esters is 1. The van der Waals surface area contributed by atoms with Crippen LogP contribution in [0, 0.1) is 0 Å². The first-order valence-corrected chi connectivity index (χ1v) is 9.35. The van der Waals surface area contributed by atoms with Gasteiger partial charge in [-0.05, 0) is 35.4 Å². The molecule has 0 unspecified atom stereocenters. The number of amides is 1. The molecular formula is C24H23NO4. The van der Waals surface area contributed by atoms with Crippen molar-refractivity contribution in [2.24, 2.45) is 0 Å². The van der Waals surface area contributed by atoms with Gasteiger partial charge in [0.05, 0.1) is 7.11 Å². The zero-order valence-electron chi connectivity index (χ0n) is 16.2. The van der Waals surface area contributed by atoms with Crippen LogP contribution in [0.15, 0.2) is 84.9 Å². The molecule has 1 atom stereocenters. The van der Waals surface area contributed by atoms with Crippen LogP contribution in [0.2, 0.25) is 0 Å². The third-order valence-electron chi connectivity index (χ3n) is 4.45. The molecule has 3 aromatic rings. The first kappa shape index (κ1) is 20.1. The molecule has 3 aromatic carbocycles. The van der Waals surface area contributed by atoms with Gasteiger partial charge in [0.2, 0.25) is 0 Å². The lowest BCUT2D eigenvalue weighted by molar-refractivity contribution is -0.147. The average Bonchev–Trinajstić information content (AvgIpc) is 2.78. The van der Waals surface area contributed by atoms with E-state index >= 15 is 0 Å². The van der Waals surface area contributed by atoms with Crippen LogP contribution in [-0.2, 0) is 22.6 Å². The van der Waals surface area contributed by atoms with Crippen molar-refractivity contribution in [1.29, 1.82) is 0 Å². The number of benzene rings is 3. The monoisotopic (exact) mass is 389 g/mol. The smallest absolute Gasteiger partial charge is 0.329 e. The summed E-state index contributed by atoms with van der Waals surface area (Å²) in [7, 11) is 1.56. The van der Waals surface area contributed by atoms with Crippen molar-refractivity contribution < 1.29 is 19.1 Å². The minimum Gasteiger partial charge on any atom is -0.497 e. The van der Waals surface area contributed by atoms with E-state index in [0.717, 1.165) is 11.1 Å². The average molecular weight is 389 g/mol. The summed E-state index contributed by atoms with van der Waals surface area (Å²) in [5.41, 5.74) is 2.27. The van der Waals surface area contributed by atoms with Crippen LogP contribution in [0.3, 0.4) is 0 Å². The molecule has 1 amide bonds. The zero-order chi connectivity index (χ0) is 20.5. The van der Waals surface area contributed by atoms with E-state index in [4.69, 9.17) is 9.47 Å². The fourth-order valence-electron chi connectivity index (χ4n) is 2.86. The minimum absolute atomic E-state index is 0.156. The third kappa shape index (κ3) is 5.94. The Labute approximate surface area is 170 Å². The molecule has 0 saturated heterocycles. The normalized spacial score (nSPS) is 11.3. The van der Waals surface area contributed by atoms with E-state index in [-0.39, 0.29) is 12.5 Å². The second-order valence-corrected chi connectivity index (χ2v) is 6.54. The zero-order valence-corrected chi connectivity index (χ0v) is 16.2. The number of carbonyl (C=O) groups is 2. The van der Waals surface area contributed by atoms with Gasteiger partial charge in [0.25, 0.3) is 5.91 Å². The van der Waals surface area contributed by atoms with E-state index in [2.05, 4.69) is 5.32 Å². The fourth-order valence-corrected chi connectivity index (χ4v) is 2.86. The lowest BCUT2D eigenvalue weighted by atomic mass is 10.1. The van der Waals surface area contributed by atoms with E-state index in [1.54, 1.807) is 31.4 Å². The molecule has 0 radical (unpaired) electrons. The molecule has 3 rings (SSSR count). The van der Waals surface area contributed by atoms with Crippen molar-refractivity contribution in [3.63, 3.8) is 0 Å². The maximum absolute atomic E-state index is 12.7. The Morgan fingerprint density at radius 3 is 2.00 bits per heavy atom. The number of carbonyl (C=O) groups excluding carboxylic acids is 2. The number of ether oxygens (including phenoxy) is 2. The molecule has 29 heavy (non-hydrogen) atoms. The summed E-state index contributed by atoms with van der Waals surface area (Å²) in [5.74, 6) is -0.158. The SMILES string of the molecule is COc1ccc(C(=O)N[C@@H](Cc2ccccc2)C(=O)OCc2ccccc2)cc1. The Balaban J connectivity index is 1.70. The molecule has 0 aliphatic rings. The number of hydrogen-bond donors (Lipinski definition) is 1. The maximum Gasteiger partial charge on any atom is 0.329 e. The maximum atomic E-state index is 12.7. The Morgan fingerprint density at radius 1 is 0.828 bits per heavy atom. The van der Waals surface area contributed by atoms with Gasteiger partial charge in [0.15, 0.2) is 0 Å². The molecule has 0 aliphatic carbocycles. The predicted molar refractivity (Wildman–Crippen MR) is 111 cm³/mol. The van der Waals surface area contributed by atoms with Gasteiger partial charge in [-0.25, -0.2) is 4.79 Å². The summed E-state index contributed by atoms with van der Waals surface area (Å²) in [4.78, 5) is 25.4. The molecule has 0 spiro atoms. The van der Waals surface area contributed by atoms with E-state index < -0.39 is 12.0 Å². The molecule has 148 valence electrons.